The van der Waals surface area contributed by atoms with Gasteiger partial charge in [-0.3, -0.25) is 4.79 Å². The van der Waals surface area contributed by atoms with E-state index in [2.05, 4.69) is 47.4 Å². The molecule has 2 N–H and O–H groups in total. The number of rotatable bonds is 6. The molecule has 5 rings (SSSR count). The van der Waals surface area contributed by atoms with Crippen LogP contribution < -0.4 is 10.2 Å². The van der Waals surface area contributed by atoms with Crippen LogP contribution in [0.25, 0.3) is 22.0 Å². The highest BCUT2D eigenvalue weighted by molar-refractivity contribution is 9.11. The van der Waals surface area contributed by atoms with Crippen LogP contribution in [0, 0.1) is 6.92 Å². The van der Waals surface area contributed by atoms with Crippen molar-refractivity contribution in [2.24, 2.45) is 5.10 Å². The van der Waals surface area contributed by atoms with Crippen LogP contribution in [0.1, 0.15) is 32.0 Å². The molecule has 0 aliphatic heterocycles. The Hall–Kier alpha value is -3.14. The second-order valence-electron chi connectivity index (χ2n) is 8.93. The molecule has 0 unspecified atom stereocenters. The number of aryl methyl sites for hydroxylation is 1. The molecule has 0 bridgehead atoms. The van der Waals surface area contributed by atoms with E-state index >= 15 is 0 Å². The van der Waals surface area contributed by atoms with Crippen molar-refractivity contribution < 1.29 is 14.3 Å². The zero-order valence-electron chi connectivity index (χ0n) is 21.1. The van der Waals surface area contributed by atoms with Crippen molar-refractivity contribution >= 4 is 95.7 Å². The molecule has 1 heterocycles. The number of fused-ring (bicyclic) bond motifs is 1. The Balaban J connectivity index is 1.47. The van der Waals surface area contributed by atoms with Crippen LogP contribution in [0.4, 0.5) is 0 Å². The van der Waals surface area contributed by atoms with Gasteiger partial charge in [-0.2, -0.15) is 5.10 Å². The molecule has 1 aromatic heterocycles. The average molecular weight is 735 g/mol. The van der Waals surface area contributed by atoms with E-state index in [4.69, 9.17) is 39.5 Å². The predicted molar refractivity (Wildman–Crippen MR) is 172 cm³/mol. The molecular weight excluding hydrogens is 717 g/mol. The summed E-state index contributed by atoms with van der Waals surface area (Å²) in [6.07, 6.45) is 1.38. The minimum Gasteiger partial charge on any atom is -0.421 e. The summed E-state index contributed by atoms with van der Waals surface area (Å²) in [6.45, 7) is 1.93. The van der Waals surface area contributed by atoms with Crippen molar-refractivity contribution in [1.82, 2.24) is 10.4 Å². The fourth-order valence-electron chi connectivity index (χ4n) is 4.18. The number of hydrogen-bond donors (Lipinski definition) is 2. The molecule has 4 aromatic carbocycles. The third kappa shape index (κ3) is 6.37. The third-order valence-electron chi connectivity index (χ3n) is 6.08. The van der Waals surface area contributed by atoms with Gasteiger partial charge >= 0.3 is 5.97 Å². The second-order valence-corrected chi connectivity index (χ2v) is 11.9. The van der Waals surface area contributed by atoms with Gasteiger partial charge in [0.15, 0.2) is 5.75 Å². The number of H-pyrrole nitrogens is 1. The fourth-order valence-corrected chi connectivity index (χ4v) is 6.29. The first-order valence-corrected chi connectivity index (χ1v) is 14.7. The zero-order valence-corrected chi connectivity index (χ0v) is 26.5. The van der Waals surface area contributed by atoms with Gasteiger partial charge in [0.25, 0.3) is 5.91 Å². The summed E-state index contributed by atoms with van der Waals surface area (Å²) in [5, 5.41) is 5.99. The molecule has 0 saturated carbocycles. The van der Waals surface area contributed by atoms with Gasteiger partial charge in [-0.05, 0) is 65.3 Å². The van der Waals surface area contributed by atoms with Crippen LogP contribution in [0.5, 0.6) is 5.75 Å². The first-order valence-electron chi connectivity index (χ1n) is 12.0. The SMILES string of the molecule is Cc1ccc(C(=O)Oc2c(Br)cc(Br)cc2C=NNC(=O)c2[nH]c3c(Cl)cc(Cl)cc3c2-c2ccccc2Cl)cc1. The summed E-state index contributed by atoms with van der Waals surface area (Å²) in [6, 6.07) is 20.9. The largest absolute Gasteiger partial charge is 0.421 e. The van der Waals surface area contributed by atoms with Crippen molar-refractivity contribution in [3.63, 3.8) is 0 Å². The number of halogens is 5. The van der Waals surface area contributed by atoms with Crippen molar-refractivity contribution in [1.29, 1.82) is 0 Å². The van der Waals surface area contributed by atoms with Gasteiger partial charge in [0, 0.05) is 36.6 Å². The molecule has 11 heteroatoms. The summed E-state index contributed by atoms with van der Waals surface area (Å²) in [4.78, 5) is 29.3. The summed E-state index contributed by atoms with van der Waals surface area (Å²) in [5.41, 5.74) is 6.26. The molecule has 0 fully saturated rings. The highest BCUT2D eigenvalue weighted by Gasteiger charge is 2.23. The highest BCUT2D eigenvalue weighted by atomic mass is 79.9. The lowest BCUT2D eigenvalue weighted by Gasteiger charge is -2.11. The Morgan fingerprint density at radius 1 is 0.951 bits per heavy atom. The van der Waals surface area contributed by atoms with E-state index in [0.29, 0.717) is 57.2 Å². The normalized spacial score (nSPS) is 11.3. The van der Waals surface area contributed by atoms with Crippen LogP contribution in [-0.2, 0) is 0 Å². The predicted octanol–water partition coefficient (Wildman–Crippen LogP) is 9.61. The van der Waals surface area contributed by atoms with Crippen molar-refractivity contribution in [2.75, 3.05) is 0 Å². The van der Waals surface area contributed by atoms with E-state index < -0.39 is 11.9 Å². The maximum atomic E-state index is 13.4. The minimum absolute atomic E-state index is 0.191. The number of aromatic nitrogens is 1. The maximum absolute atomic E-state index is 13.4. The van der Waals surface area contributed by atoms with Crippen molar-refractivity contribution in [3.05, 3.63) is 119 Å². The Morgan fingerprint density at radius 2 is 1.68 bits per heavy atom. The van der Waals surface area contributed by atoms with Crippen LogP contribution >= 0.6 is 66.7 Å². The first-order chi connectivity index (χ1) is 19.6. The number of nitrogens with zero attached hydrogens (tertiary/aromatic N) is 1. The molecular formula is C30H18Br2Cl3N3O3. The van der Waals surface area contributed by atoms with E-state index in [1.807, 2.05) is 25.1 Å². The lowest BCUT2D eigenvalue weighted by Crippen LogP contribution is -2.19. The van der Waals surface area contributed by atoms with E-state index in [-0.39, 0.29) is 11.4 Å². The maximum Gasteiger partial charge on any atom is 0.343 e. The van der Waals surface area contributed by atoms with Gasteiger partial charge in [-0.25, -0.2) is 10.2 Å². The number of hydrazone groups is 1. The number of hydrogen-bond acceptors (Lipinski definition) is 4. The summed E-state index contributed by atoms with van der Waals surface area (Å²) in [5.74, 6) is -0.850. The second kappa shape index (κ2) is 12.4. The quantitative estimate of drug-likeness (QED) is 0.0789. The molecule has 0 radical (unpaired) electrons. The molecule has 206 valence electrons. The Labute approximate surface area is 266 Å². The molecule has 6 nitrogen and oxygen atoms in total. The van der Waals surface area contributed by atoms with Gasteiger partial charge in [-0.1, -0.05) is 86.6 Å². The molecule has 1 amide bonds. The van der Waals surface area contributed by atoms with Crippen LogP contribution in [0.2, 0.25) is 15.1 Å². The topological polar surface area (TPSA) is 83.5 Å². The lowest BCUT2D eigenvalue weighted by molar-refractivity contribution is 0.0733. The van der Waals surface area contributed by atoms with Gasteiger partial charge in [0.05, 0.1) is 26.8 Å². The number of esters is 1. The Morgan fingerprint density at radius 3 is 2.41 bits per heavy atom. The third-order valence-corrected chi connectivity index (χ3v) is 7.98. The molecule has 0 aliphatic carbocycles. The van der Waals surface area contributed by atoms with E-state index in [1.54, 1.807) is 54.6 Å². The molecule has 0 aliphatic rings. The Kier molecular flexibility index (Phi) is 8.87. The van der Waals surface area contributed by atoms with E-state index in [9.17, 15) is 9.59 Å². The number of benzene rings is 4. The summed E-state index contributed by atoms with van der Waals surface area (Å²) in [7, 11) is 0. The minimum atomic E-state index is -0.549. The molecule has 0 saturated heterocycles. The number of ether oxygens (including phenoxy) is 1. The highest BCUT2D eigenvalue weighted by Crippen LogP contribution is 2.40. The summed E-state index contributed by atoms with van der Waals surface area (Å²) >= 11 is 26.1. The van der Waals surface area contributed by atoms with Gasteiger partial charge in [-0.15, -0.1) is 0 Å². The van der Waals surface area contributed by atoms with Crippen LogP contribution in [0.3, 0.4) is 0 Å². The van der Waals surface area contributed by atoms with Gasteiger partial charge < -0.3 is 9.72 Å². The van der Waals surface area contributed by atoms with E-state index in [1.165, 1.54) is 6.21 Å². The number of nitrogens with one attached hydrogen (secondary N) is 2. The number of amides is 1. The van der Waals surface area contributed by atoms with Crippen LogP contribution in [-0.4, -0.2) is 23.1 Å². The molecule has 5 aromatic rings. The summed E-state index contributed by atoms with van der Waals surface area (Å²) < 4.78 is 6.92. The number of aromatic amines is 1. The Bertz CT molecular complexity index is 1850. The standard InChI is InChI=1S/C30H18Br2Cl3N3O3/c1-15-6-8-16(9-7-15)30(40)41-28-17(10-18(31)11-22(28)32)14-36-38-29(39)27-25(20-4-2-3-5-23(20)34)21-12-19(33)13-24(35)26(21)37-27/h2-14,37H,1H3,(H,38,39). The smallest absolute Gasteiger partial charge is 0.343 e. The molecule has 0 spiro atoms. The monoisotopic (exact) mass is 731 g/mol. The lowest BCUT2D eigenvalue weighted by atomic mass is 10.0. The average Bonchev–Trinajstić information content (AvgIpc) is 3.30. The van der Waals surface area contributed by atoms with Crippen LogP contribution in [0.15, 0.2) is 86.8 Å². The zero-order chi connectivity index (χ0) is 29.3. The van der Waals surface area contributed by atoms with Gasteiger partial charge in [0.1, 0.15) is 5.69 Å². The van der Waals surface area contributed by atoms with E-state index in [0.717, 1.165) is 5.56 Å². The molecule has 41 heavy (non-hydrogen) atoms. The molecule has 0 atom stereocenters. The van der Waals surface area contributed by atoms with Gasteiger partial charge in [0.2, 0.25) is 0 Å². The fraction of sp³-hybridized carbons (Fsp3) is 0.0333. The number of carbonyl (C=O) groups is 2. The number of carbonyl (C=O) groups excluding carboxylic acids is 2. The van der Waals surface area contributed by atoms with Crippen molar-refractivity contribution in [2.45, 2.75) is 6.92 Å². The van der Waals surface area contributed by atoms with Crippen molar-refractivity contribution in [3.8, 4) is 16.9 Å². The first kappa shape index (κ1) is 29.4.